The van der Waals surface area contributed by atoms with Gasteiger partial charge in [-0.3, -0.25) is 9.78 Å². The summed E-state index contributed by atoms with van der Waals surface area (Å²) in [6.45, 7) is 4.77. The van der Waals surface area contributed by atoms with Crippen LogP contribution < -0.4 is 16.2 Å². The van der Waals surface area contributed by atoms with E-state index in [0.29, 0.717) is 18.9 Å². The van der Waals surface area contributed by atoms with Crippen LogP contribution in [-0.2, 0) is 19.4 Å². The van der Waals surface area contributed by atoms with Crippen LogP contribution in [0.4, 0.5) is 5.82 Å². The number of nitrogens with zero attached hydrogens (tertiary/aromatic N) is 3. The highest BCUT2D eigenvalue weighted by molar-refractivity contribution is 6.30. The van der Waals surface area contributed by atoms with Gasteiger partial charge in [-0.15, -0.1) is 0 Å². The van der Waals surface area contributed by atoms with Gasteiger partial charge in [-0.05, 0) is 56.1 Å². The van der Waals surface area contributed by atoms with E-state index < -0.39 is 0 Å². The topological polar surface area (TPSA) is 71.8 Å². The van der Waals surface area contributed by atoms with E-state index >= 15 is 0 Å². The number of hydrogen-bond donors (Lipinski definition) is 2. The fourth-order valence-corrected chi connectivity index (χ4v) is 3.34. The highest BCUT2D eigenvalue weighted by atomic mass is 35.5. The van der Waals surface area contributed by atoms with Gasteiger partial charge in [0.1, 0.15) is 0 Å². The van der Waals surface area contributed by atoms with E-state index in [9.17, 15) is 4.79 Å². The minimum absolute atomic E-state index is 0.0843. The molecule has 2 N–H and O–H groups in total. The first kappa shape index (κ1) is 22.0. The summed E-state index contributed by atoms with van der Waals surface area (Å²) in [5.41, 5.74) is 3.04. The molecule has 30 heavy (non-hydrogen) atoms. The first-order chi connectivity index (χ1) is 14.6. The maximum atomic E-state index is 12.7. The molecule has 0 aliphatic carbocycles. The second kappa shape index (κ2) is 11.5. The molecule has 0 fully saturated rings. The molecule has 1 aromatic carbocycles. The lowest BCUT2D eigenvalue weighted by molar-refractivity contribution is 0.563. The standard InChI is InChI=1S/C23H28ClN5O/c1-18-17-28-22(27-14-11-21-6-2-3-13-26-21)23(30)29(18)16-15-25-12-4-5-19-7-9-20(24)10-8-19/h2-3,6-10,13,17,25H,4-5,11-12,14-16H2,1H3,(H,27,28). The van der Waals surface area contributed by atoms with Gasteiger partial charge in [0.05, 0.1) is 0 Å². The molecular weight excluding hydrogens is 398 g/mol. The van der Waals surface area contributed by atoms with Crippen molar-refractivity contribution in [3.63, 3.8) is 0 Å². The highest BCUT2D eigenvalue weighted by Gasteiger charge is 2.07. The van der Waals surface area contributed by atoms with Gasteiger partial charge in [-0.1, -0.05) is 29.8 Å². The van der Waals surface area contributed by atoms with Crippen molar-refractivity contribution in [3.8, 4) is 0 Å². The number of hydrogen-bond acceptors (Lipinski definition) is 5. The fraction of sp³-hybridized carbons (Fsp3) is 0.348. The Hall–Kier alpha value is -2.70. The van der Waals surface area contributed by atoms with Crippen molar-refractivity contribution in [1.29, 1.82) is 0 Å². The van der Waals surface area contributed by atoms with Crippen LogP contribution in [0.5, 0.6) is 0 Å². The molecule has 0 spiro atoms. The Labute approximate surface area is 182 Å². The van der Waals surface area contributed by atoms with Gasteiger partial charge < -0.3 is 15.2 Å². The normalized spacial score (nSPS) is 10.9. The summed E-state index contributed by atoms with van der Waals surface area (Å²) in [5, 5.41) is 7.33. The third-order valence-electron chi connectivity index (χ3n) is 4.90. The predicted octanol–water partition coefficient (Wildman–Crippen LogP) is 3.48. The number of halogens is 1. The molecule has 2 aromatic heterocycles. The molecule has 0 saturated heterocycles. The zero-order chi connectivity index (χ0) is 21.2. The van der Waals surface area contributed by atoms with Gasteiger partial charge in [0.2, 0.25) is 0 Å². The monoisotopic (exact) mass is 425 g/mol. The third kappa shape index (κ3) is 6.68. The number of aryl methyl sites for hydroxylation is 2. The lowest BCUT2D eigenvalue weighted by Crippen LogP contribution is -2.31. The maximum Gasteiger partial charge on any atom is 0.293 e. The van der Waals surface area contributed by atoms with E-state index in [0.717, 1.165) is 48.8 Å². The van der Waals surface area contributed by atoms with Crippen molar-refractivity contribution < 1.29 is 0 Å². The highest BCUT2D eigenvalue weighted by Crippen LogP contribution is 2.10. The van der Waals surface area contributed by atoms with E-state index in [2.05, 4.69) is 32.7 Å². The molecule has 0 amide bonds. The van der Waals surface area contributed by atoms with E-state index in [1.807, 2.05) is 37.3 Å². The Morgan fingerprint density at radius 3 is 2.60 bits per heavy atom. The fourth-order valence-electron chi connectivity index (χ4n) is 3.21. The molecule has 0 saturated carbocycles. The summed E-state index contributed by atoms with van der Waals surface area (Å²) < 4.78 is 1.77. The van der Waals surface area contributed by atoms with Crippen molar-refractivity contribution in [3.05, 3.63) is 87.2 Å². The maximum absolute atomic E-state index is 12.7. The van der Waals surface area contributed by atoms with Crippen LogP contribution in [0.3, 0.4) is 0 Å². The Morgan fingerprint density at radius 2 is 1.83 bits per heavy atom. The van der Waals surface area contributed by atoms with Crippen molar-refractivity contribution in [2.75, 3.05) is 25.0 Å². The van der Waals surface area contributed by atoms with Gasteiger partial charge in [0.15, 0.2) is 5.82 Å². The number of benzene rings is 1. The van der Waals surface area contributed by atoms with Crippen molar-refractivity contribution in [2.45, 2.75) is 32.7 Å². The zero-order valence-corrected chi connectivity index (χ0v) is 18.0. The molecule has 0 aliphatic heterocycles. The quantitative estimate of drug-likeness (QED) is 0.460. The average molecular weight is 426 g/mol. The summed E-state index contributed by atoms with van der Waals surface area (Å²) in [6, 6.07) is 13.8. The molecule has 3 aromatic rings. The SMILES string of the molecule is Cc1cnc(NCCc2ccccn2)c(=O)n1CCNCCCc1ccc(Cl)cc1. The lowest BCUT2D eigenvalue weighted by Gasteiger charge is -2.13. The van der Waals surface area contributed by atoms with Crippen LogP contribution >= 0.6 is 11.6 Å². The molecule has 7 heteroatoms. The Kier molecular flexibility index (Phi) is 8.41. The van der Waals surface area contributed by atoms with Gasteiger partial charge in [-0.2, -0.15) is 0 Å². The van der Waals surface area contributed by atoms with Crippen molar-refractivity contribution >= 4 is 17.4 Å². The molecule has 2 heterocycles. The second-order valence-corrected chi connectivity index (χ2v) is 7.62. The molecule has 3 rings (SSSR count). The molecule has 6 nitrogen and oxygen atoms in total. The molecular formula is C23H28ClN5O. The van der Waals surface area contributed by atoms with E-state index in [1.165, 1.54) is 5.56 Å². The van der Waals surface area contributed by atoms with Gasteiger partial charge in [0.25, 0.3) is 5.56 Å². The molecule has 0 unspecified atom stereocenters. The van der Waals surface area contributed by atoms with Crippen molar-refractivity contribution in [1.82, 2.24) is 19.9 Å². The lowest BCUT2D eigenvalue weighted by atomic mass is 10.1. The van der Waals surface area contributed by atoms with Crippen LogP contribution in [-0.4, -0.2) is 34.2 Å². The number of anilines is 1. The number of rotatable bonds is 11. The Balaban J connectivity index is 1.43. The molecule has 0 aliphatic rings. The Bertz CT molecular complexity index is 973. The molecule has 0 atom stereocenters. The van der Waals surface area contributed by atoms with E-state index in [-0.39, 0.29) is 5.56 Å². The predicted molar refractivity (Wildman–Crippen MR) is 122 cm³/mol. The number of pyridine rings is 1. The minimum Gasteiger partial charge on any atom is -0.365 e. The average Bonchev–Trinajstić information content (AvgIpc) is 2.76. The number of aromatic nitrogens is 3. The molecule has 0 bridgehead atoms. The van der Waals surface area contributed by atoms with Gasteiger partial charge in [0, 0.05) is 54.9 Å². The summed E-state index contributed by atoms with van der Waals surface area (Å²) in [5.74, 6) is 0.388. The third-order valence-corrected chi connectivity index (χ3v) is 5.15. The van der Waals surface area contributed by atoms with Crippen LogP contribution in [0.2, 0.25) is 5.02 Å². The number of nitrogens with one attached hydrogen (secondary N) is 2. The van der Waals surface area contributed by atoms with Crippen LogP contribution in [0.15, 0.2) is 59.7 Å². The summed E-state index contributed by atoms with van der Waals surface area (Å²) in [6.07, 6.45) is 6.29. The molecule has 0 radical (unpaired) electrons. The van der Waals surface area contributed by atoms with Crippen molar-refractivity contribution in [2.24, 2.45) is 0 Å². The first-order valence-electron chi connectivity index (χ1n) is 10.3. The second-order valence-electron chi connectivity index (χ2n) is 7.18. The van der Waals surface area contributed by atoms with Gasteiger partial charge in [-0.25, -0.2) is 4.98 Å². The largest absolute Gasteiger partial charge is 0.365 e. The summed E-state index contributed by atoms with van der Waals surface area (Å²) in [7, 11) is 0. The van der Waals surface area contributed by atoms with E-state index in [4.69, 9.17) is 11.6 Å². The Morgan fingerprint density at radius 1 is 1.00 bits per heavy atom. The summed E-state index contributed by atoms with van der Waals surface area (Å²) >= 11 is 5.91. The zero-order valence-electron chi connectivity index (χ0n) is 17.3. The molecule has 158 valence electrons. The van der Waals surface area contributed by atoms with Crippen LogP contribution in [0.25, 0.3) is 0 Å². The van der Waals surface area contributed by atoms with Gasteiger partial charge >= 0.3 is 0 Å². The minimum atomic E-state index is -0.0843. The van der Waals surface area contributed by atoms with Crippen LogP contribution in [0, 0.1) is 6.92 Å². The smallest absolute Gasteiger partial charge is 0.293 e. The first-order valence-corrected chi connectivity index (χ1v) is 10.7. The van der Waals surface area contributed by atoms with Crippen LogP contribution in [0.1, 0.15) is 23.4 Å². The van der Waals surface area contributed by atoms with E-state index in [1.54, 1.807) is 17.0 Å². The summed E-state index contributed by atoms with van der Waals surface area (Å²) in [4.78, 5) is 21.3.